The van der Waals surface area contributed by atoms with Crippen LogP contribution in [0.15, 0.2) is 21.2 Å². The zero-order valence-electron chi connectivity index (χ0n) is 6.26. The van der Waals surface area contributed by atoms with Crippen molar-refractivity contribution < 1.29 is 14.0 Å². The summed E-state index contributed by atoms with van der Waals surface area (Å²) < 4.78 is 5.35. The minimum Gasteiger partial charge on any atom is -0.444 e. The normalized spacial score (nSPS) is 9.50. The highest BCUT2D eigenvalue weighted by Crippen LogP contribution is 2.13. The fourth-order valence-electron chi connectivity index (χ4n) is 0.658. The second-order valence-electron chi connectivity index (χ2n) is 2.11. The highest BCUT2D eigenvalue weighted by Gasteiger charge is 2.10. The van der Waals surface area contributed by atoms with Crippen LogP contribution in [0.3, 0.4) is 0 Å². The summed E-state index contributed by atoms with van der Waals surface area (Å²) in [6, 6.07) is 3.05. The number of rotatable bonds is 1. The first kappa shape index (κ1) is 8.99. The number of halogens is 1. The van der Waals surface area contributed by atoms with Crippen molar-refractivity contribution in [1.29, 1.82) is 0 Å². The van der Waals surface area contributed by atoms with E-state index in [4.69, 9.17) is 4.42 Å². The Morgan fingerprint density at radius 1 is 1.50 bits per heavy atom. The summed E-state index contributed by atoms with van der Waals surface area (Å²) in [6.45, 7) is 1.26. The number of nitrogens with one attached hydrogen (secondary N) is 1. The lowest BCUT2D eigenvalue weighted by atomic mass is 10.4. The lowest BCUT2D eigenvalue weighted by Crippen LogP contribution is -2.27. The van der Waals surface area contributed by atoms with Gasteiger partial charge in [0.05, 0.1) is 0 Å². The molecule has 0 aromatic carbocycles. The Kier molecular flexibility index (Phi) is 2.65. The predicted molar refractivity (Wildman–Crippen MR) is 44.6 cm³/mol. The number of hydrogen-bond acceptors (Lipinski definition) is 3. The van der Waals surface area contributed by atoms with Gasteiger partial charge in [0.25, 0.3) is 5.91 Å². The molecule has 0 radical (unpaired) electrons. The van der Waals surface area contributed by atoms with E-state index in [1.54, 1.807) is 6.07 Å². The minimum atomic E-state index is -0.534. The van der Waals surface area contributed by atoms with Gasteiger partial charge in [0.1, 0.15) is 0 Å². The molecule has 0 aliphatic heterocycles. The Hall–Kier alpha value is -1.10. The first-order valence-electron chi connectivity index (χ1n) is 3.17. The van der Waals surface area contributed by atoms with E-state index >= 15 is 0 Å². The molecule has 1 heterocycles. The summed E-state index contributed by atoms with van der Waals surface area (Å²) in [4.78, 5) is 21.5. The van der Waals surface area contributed by atoms with Crippen molar-refractivity contribution in [2.45, 2.75) is 6.92 Å². The number of carbonyl (C=O) groups excluding carboxylic acids is 2. The first-order valence-corrected chi connectivity index (χ1v) is 3.96. The van der Waals surface area contributed by atoms with E-state index in [1.165, 1.54) is 13.0 Å². The van der Waals surface area contributed by atoms with E-state index in [9.17, 15) is 9.59 Å². The molecule has 0 unspecified atom stereocenters. The largest absolute Gasteiger partial charge is 0.444 e. The van der Waals surface area contributed by atoms with Crippen molar-refractivity contribution in [2.75, 3.05) is 0 Å². The van der Waals surface area contributed by atoms with Crippen molar-refractivity contribution in [3.63, 3.8) is 0 Å². The third kappa shape index (κ3) is 2.20. The van der Waals surface area contributed by atoms with Gasteiger partial charge in [-0.3, -0.25) is 14.9 Å². The molecule has 1 N–H and O–H groups in total. The molecule has 0 saturated heterocycles. The molecule has 0 aliphatic carbocycles. The Balaban J connectivity index is 2.72. The van der Waals surface area contributed by atoms with Crippen LogP contribution in [-0.4, -0.2) is 11.8 Å². The van der Waals surface area contributed by atoms with Crippen molar-refractivity contribution in [1.82, 2.24) is 5.32 Å². The molecule has 0 fully saturated rings. The molecule has 0 aliphatic rings. The zero-order chi connectivity index (χ0) is 9.14. The van der Waals surface area contributed by atoms with E-state index < -0.39 is 11.8 Å². The predicted octanol–water partition coefficient (Wildman–Crippen LogP) is 1.32. The van der Waals surface area contributed by atoms with Crippen LogP contribution in [0.4, 0.5) is 0 Å². The molecule has 12 heavy (non-hydrogen) atoms. The molecular formula is C7H6BrNO3. The monoisotopic (exact) mass is 231 g/mol. The van der Waals surface area contributed by atoms with Gasteiger partial charge in [-0.1, -0.05) is 0 Å². The van der Waals surface area contributed by atoms with Crippen LogP contribution in [0.25, 0.3) is 0 Å². The van der Waals surface area contributed by atoms with E-state index in [0.29, 0.717) is 4.67 Å². The average Bonchev–Trinajstić information content (AvgIpc) is 2.34. The quantitative estimate of drug-likeness (QED) is 0.794. The Morgan fingerprint density at radius 2 is 2.17 bits per heavy atom. The second kappa shape index (κ2) is 3.53. The summed E-state index contributed by atoms with van der Waals surface area (Å²) in [5.74, 6) is -0.835. The van der Waals surface area contributed by atoms with Gasteiger partial charge in [0.2, 0.25) is 5.91 Å². The summed E-state index contributed by atoms with van der Waals surface area (Å²) in [7, 11) is 0. The fourth-order valence-corrected chi connectivity index (χ4v) is 0.964. The highest BCUT2D eigenvalue weighted by atomic mass is 79.9. The van der Waals surface area contributed by atoms with Crippen molar-refractivity contribution in [3.8, 4) is 0 Å². The van der Waals surface area contributed by atoms with E-state index in [1.807, 2.05) is 0 Å². The number of amides is 2. The fraction of sp³-hybridized carbons (Fsp3) is 0.143. The van der Waals surface area contributed by atoms with Crippen LogP contribution in [0.1, 0.15) is 17.5 Å². The number of imide groups is 1. The third-order valence-electron chi connectivity index (χ3n) is 1.09. The first-order chi connectivity index (χ1) is 5.59. The molecule has 5 heteroatoms. The van der Waals surface area contributed by atoms with Gasteiger partial charge < -0.3 is 4.42 Å². The maximum atomic E-state index is 11.0. The average molecular weight is 232 g/mol. The standard InChI is InChI=1S/C7H6BrNO3/c1-4(10)9-7(11)5-2-3-6(8)12-5/h2-3H,1H3,(H,9,10,11). The van der Waals surface area contributed by atoms with E-state index in [-0.39, 0.29) is 5.76 Å². The van der Waals surface area contributed by atoms with Crippen LogP contribution in [0, 0.1) is 0 Å². The van der Waals surface area contributed by atoms with Gasteiger partial charge >= 0.3 is 0 Å². The summed E-state index contributed by atoms with van der Waals surface area (Å²) >= 11 is 3.04. The summed E-state index contributed by atoms with van der Waals surface area (Å²) in [5.41, 5.74) is 0. The maximum Gasteiger partial charge on any atom is 0.293 e. The molecule has 0 spiro atoms. The zero-order valence-corrected chi connectivity index (χ0v) is 7.84. The van der Waals surface area contributed by atoms with Crippen LogP contribution < -0.4 is 5.32 Å². The van der Waals surface area contributed by atoms with Crippen LogP contribution in [-0.2, 0) is 4.79 Å². The van der Waals surface area contributed by atoms with Crippen LogP contribution >= 0.6 is 15.9 Å². The van der Waals surface area contributed by atoms with E-state index in [2.05, 4.69) is 21.2 Å². The second-order valence-corrected chi connectivity index (χ2v) is 2.90. The summed E-state index contributed by atoms with van der Waals surface area (Å²) in [5, 5.41) is 2.08. The van der Waals surface area contributed by atoms with E-state index in [0.717, 1.165) is 0 Å². The van der Waals surface area contributed by atoms with Gasteiger partial charge in [0, 0.05) is 6.92 Å². The summed E-state index contributed by atoms with van der Waals surface area (Å²) in [6.07, 6.45) is 0. The Bertz CT molecular complexity index is 318. The topological polar surface area (TPSA) is 59.3 Å². The van der Waals surface area contributed by atoms with Gasteiger partial charge in [-0.2, -0.15) is 0 Å². The number of hydrogen-bond donors (Lipinski definition) is 1. The van der Waals surface area contributed by atoms with Gasteiger partial charge in [-0.25, -0.2) is 0 Å². The molecule has 0 saturated carbocycles. The number of furan rings is 1. The molecule has 64 valence electrons. The third-order valence-corrected chi connectivity index (χ3v) is 1.51. The van der Waals surface area contributed by atoms with Crippen molar-refractivity contribution in [3.05, 3.63) is 22.6 Å². The van der Waals surface area contributed by atoms with Crippen LogP contribution in [0.2, 0.25) is 0 Å². The van der Waals surface area contributed by atoms with Gasteiger partial charge in [0.15, 0.2) is 10.4 Å². The number of carbonyl (C=O) groups is 2. The Labute approximate surface area is 77.1 Å². The Morgan fingerprint density at radius 3 is 2.58 bits per heavy atom. The lowest BCUT2D eigenvalue weighted by Gasteiger charge is -1.94. The van der Waals surface area contributed by atoms with Gasteiger partial charge in [-0.05, 0) is 28.1 Å². The molecule has 1 aromatic rings. The van der Waals surface area contributed by atoms with Crippen molar-refractivity contribution >= 4 is 27.7 Å². The molecule has 2 amide bonds. The smallest absolute Gasteiger partial charge is 0.293 e. The molecule has 0 atom stereocenters. The minimum absolute atomic E-state index is 0.108. The SMILES string of the molecule is CC(=O)NC(=O)c1ccc(Br)o1. The maximum absolute atomic E-state index is 11.0. The molecule has 1 aromatic heterocycles. The highest BCUT2D eigenvalue weighted by molar-refractivity contribution is 9.10. The molecule has 1 rings (SSSR count). The van der Waals surface area contributed by atoms with Crippen molar-refractivity contribution in [2.24, 2.45) is 0 Å². The molecule has 4 nitrogen and oxygen atoms in total. The van der Waals surface area contributed by atoms with Gasteiger partial charge in [-0.15, -0.1) is 0 Å². The molecule has 0 bridgehead atoms. The van der Waals surface area contributed by atoms with Crippen LogP contribution in [0.5, 0.6) is 0 Å². The lowest BCUT2D eigenvalue weighted by molar-refractivity contribution is -0.118. The molecular weight excluding hydrogens is 226 g/mol.